The Labute approximate surface area is 188 Å². The van der Waals surface area contributed by atoms with E-state index in [1.807, 2.05) is 30.3 Å². The zero-order valence-corrected chi connectivity index (χ0v) is 19.3. The highest BCUT2D eigenvalue weighted by Crippen LogP contribution is 2.19. The van der Waals surface area contributed by atoms with Gasteiger partial charge < -0.3 is 25.0 Å². The molecule has 9 nitrogen and oxygen atoms in total. The van der Waals surface area contributed by atoms with Crippen LogP contribution < -0.4 is 10.6 Å². The average molecular weight is 448 g/mol. The number of esters is 1. The van der Waals surface area contributed by atoms with Crippen LogP contribution in [0.25, 0.3) is 0 Å². The van der Waals surface area contributed by atoms with Crippen LogP contribution in [0.15, 0.2) is 30.3 Å². The zero-order valence-electron chi connectivity index (χ0n) is 19.3. The average Bonchev–Trinajstić information content (AvgIpc) is 3.21. The summed E-state index contributed by atoms with van der Waals surface area (Å²) in [6.07, 6.45) is 0.684. The third-order valence-electron chi connectivity index (χ3n) is 5.03. The molecule has 3 atom stereocenters. The Bertz CT molecular complexity index is 821. The fraction of sp³-hybridized carbons (Fsp3) is 0.565. The van der Waals surface area contributed by atoms with Crippen molar-refractivity contribution in [2.75, 3.05) is 13.7 Å². The van der Waals surface area contributed by atoms with Crippen molar-refractivity contribution in [2.45, 2.75) is 70.7 Å². The third-order valence-corrected chi connectivity index (χ3v) is 5.03. The molecule has 0 unspecified atom stereocenters. The molecule has 1 aliphatic rings. The van der Waals surface area contributed by atoms with Gasteiger partial charge in [0.2, 0.25) is 11.8 Å². The molecule has 1 aromatic carbocycles. The molecule has 9 heteroatoms. The summed E-state index contributed by atoms with van der Waals surface area (Å²) in [5.41, 5.74) is 0.183. The lowest BCUT2D eigenvalue weighted by Crippen LogP contribution is -2.55. The number of likely N-dealkylation sites (tertiary alicyclic amines) is 1. The molecule has 1 fully saturated rings. The Morgan fingerprint density at radius 2 is 1.78 bits per heavy atom. The molecule has 0 saturated carbocycles. The van der Waals surface area contributed by atoms with Crippen molar-refractivity contribution in [1.82, 2.24) is 15.5 Å². The largest absolute Gasteiger partial charge is 0.467 e. The lowest BCUT2D eigenvalue weighted by molar-refractivity contribution is -0.146. The first-order valence-corrected chi connectivity index (χ1v) is 10.7. The molecule has 1 aliphatic heterocycles. The van der Waals surface area contributed by atoms with Gasteiger partial charge in [-0.15, -0.1) is 0 Å². The fourth-order valence-electron chi connectivity index (χ4n) is 3.55. The van der Waals surface area contributed by atoms with Crippen molar-refractivity contribution in [3.63, 3.8) is 0 Å². The minimum absolute atomic E-state index is 0.274. The first-order valence-electron chi connectivity index (χ1n) is 10.7. The van der Waals surface area contributed by atoms with Gasteiger partial charge in [-0.1, -0.05) is 30.3 Å². The first-order chi connectivity index (χ1) is 15.0. The van der Waals surface area contributed by atoms with Gasteiger partial charge in [0, 0.05) is 13.0 Å². The quantitative estimate of drug-likeness (QED) is 0.616. The molecule has 1 saturated heterocycles. The predicted molar refractivity (Wildman–Crippen MR) is 118 cm³/mol. The van der Waals surface area contributed by atoms with Gasteiger partial charge in [0.1, 0.15) is 23.7 Å². The van der Waals surface area contributed by atoms with Crippen LogP contribution >= 0.6 is 0 Å². The monoisotopic (exact) mass is 447 g/mol. The van der Waals surface area contributed by atoms with Gasteiger partial charge in [-0.25, -0.2) is 9.59 Å². The zero-order chi connectivity index (χ0) is 23.9. The van der Waals surface area contributed by atoms with Gasteiger partial charge in [-0.05, 0) is 46.1 Å². The number of nitrogens with zero attached hydrogens (tertiary/aromatic N) is 1. The molecule has 0 aromatic heterocycles. The van der Waals surface area contributed by atoms with Crippen LogP contribution in [0.1, 0.15) is 46.1 Å². The molecule has 0 spiro atoms. The van der Waals surface area contributed by atoms with Crippen LogP contribution in [0.4, 0.5) is 4.79 Å². The van der Waals surface area contributed by atoms with Gasteiger partial charge in [0.15, 0.2) is 0 Å². The van der Waals surface area contributed by atoms with Crippen LogP contribution in [0.5, 0.6) is 0 Å². The summed E-state index contributed by atoms with van der Waals surface area (Å²) in [5.74, 6) is -1.36. The number of nitrogens with one attached hydrogen (secondary N) is 2. The number of carbonyl (C=O) groups excluding carboxylic acids is 4. The summed E-state index contributed by atoms with van der Waals surface area (Å²) in [6.45, 7) is 7.12. The van der Waals surface area contributed by atoms with E-state index in [-0.39, 0.29) is 12.3 Å². The smallest absolute Gasteiger partial charge is 0.408 e. The lowest BCUT2D eigenvalue weighted by Gasteiger charge is -2.29. The molecule has 176 valence electrons. The Morgan fingerprint density at radius 1 is 1.12 bits per heavy atom. The van der Waals surface area contributed by atoms with E-state index in [2.05, 4.69) is 10.6 Å². The van der Waals surface area contributed by atoms with Crippen LogP contribution in [0.2, 0.25) is 0 Å². The van der Waals surface area contributed by atoms with E-state index in [4.69, 9.17) is 9.47 Å². The topological polar surface area (TPSA) is 114 Å². The van der Waals surface area contributed by atoms with Gasteiger partial charge in [0.05, 0.1) is 7.11 Å². The number of amides is 3. The number of benzene rings is 1. The highest BCUT2D eigenvalue weighted by molar-refractivity contribution is 5.93. The summed E-state index contributed by atoms with van der Waals surface area (Å²) in [5, 5.41) is 5.25. The van der Waals surface area contributed by atoms with Gasteiger partial charge in [-0.2, -0.15) is 0 Å². The molecule has 32 heavy (non-hydrogen) atoms. The van der Waals surface area contributed by atoms with Crippen molar-refractivity contribution >= 4 is 23.9 Å². The van der Waals surface area contributed by atoms with Crippen LogP contribution in [-0.4, -0.2) is 66.2 Å². The van der Waals surface area contributed by atoms with E-state index in [0.29, 0.717) is 19.4 Å². The third kappa shape index (κ3) is 7.25. The second-order valence-electron chi connectivity index (χ2n) is 8.83. The summed E-state index contributed by atoms with van der Waals surface area (Å²) in [7, 11) is 1.27. The van der Waals surface area contributed by atoms with Crippen LogP contribution in [-0.2, 0) is 30.3 Å². The number of rotatable bonds is 7. The van der Waals surface area contributed by atoms with Gasteiger partial charge in [-0.3, -0.25) is 9.59 Å². The SMILES string of the molecule is COC(=O)[C@H](Cc1ccccc1)NC(=O)[C@@H]1CCCN1C(=O)[C@H](C)NC(=O)OC(C)(C)C. The van der Waals surface area contributed by atoms with E-state index in [1.54, 1.807) is 27.7 Å². The standard InChI is InChI=1S/C23H33N3O6/c1-15(24-22(30)32-23(2,3)4)20(28)26-13-9-12-18(26)19(27)25-17(21(29)31-5)14-16-10-7-6-8-11-16/h6-8,10-11,15,17-18H,9,12-14H2,1-5H3,(H,24,30)(H,25,27)/t15-,17-,18-/m0/s1. The first kappa shape index (κ1) is 25.2. The van der Waals surface area contributed by atoms with Crippen LogP contribution in [0.3, 0.4) is 0 Å². The van der Waals surface area contributed by atoms with Crippen molar-refractivity contribution in [3.05, 3.63) is 35.9 Å². The number of alkyl carbamates (subject to hydrolysis) is 1. The molecule has 0 aliphatic carbocycles. The molecule has 0 bridgehead atoms. The Balaban J connectivity index is 2.03. The Hall–Kier alpha value is -3.10. The van der Waals surface area contributed by atoms with Crippen LogP contribution in [0, 0.1) is 0 Å². The van der Waals surface area contributed by atoms with E-state index in [1.165, 1.54) is 12.0 Å². The number of methoxy groups -OCH3 is 1. The van der Waals surface area contributed by atoms with E-state index in [9.17, 15) is 19.2 Å². The predicted octanol–water partition coefficient (Wildman–Crippen LogP) is 1.79. The van der Waals surface area contributed by atoms with E-state index < -0.39 is 41.7 Å². The molecular formula is C23H33N3O6. The molecular weight excluding hydrogens is 414 g/mol. The maximum absolute atomic E-state index is 13.0. The molecule has 1 aromatic rings. The second-order valence-corrected chi connectivity index (χ2v) is 8.83. The minimum Gasteiger partial charge on any atom is -0.467 e. The van der Waals surface area contributed by atoms with Crippen molar-refractivity contribution in [1.29, 1.82) is 0 Å². The summed E-state index contributed by atoms with van der Waals surface area (Å²) < 4.78 is 10.0. The molecule has 2 N–H and O–H groups in total. The van der Waals surface area contributed by atoms with Crippen molar-refractivity contribution in [2.24, 2.45) is 0 Å². The number of hydrogen-bond donors (Lipinski definition) is 2. The van der Waals surface area contributed by atoms with Gasteiger partial charge >= 0.3 is 12.1 Å². The van der Waals surface area contributed by atoms with Gasteiger partial charge in [0.25, 0.3) is 0 Å². The maximum atomic E-state index is 13.0. The van der Waals surface area contributed by atoms with Crippen molar-refractivity contribution in [3.8, 4) is 0 Å². The molecule has 3 amide bonds. The van der Waals surface area contributed by atoms with Crippen molar-refractivity contribution < 1.29 is 28.7 Å². The highest BCUT2D eigenvalue weighted by Gasteiger charge is 2.38. The second kappa shape index (κ2) is 11.0. The number of carbonyl (C=O) groups is 4. The summed E-state index contributed by atoms with van der Waals surface area (Å²) in [4.78, 5) is 51.6. The Morgan fingerprint density at radius 3 is 2.38 bits per heavy atom. The van der Waals surface area contributed by atoms with E-state index >= 15 is 0 Å². The fourth-order valence-corrected chi connectivity index (χ4v) is 3.55. The summed E-state index contributed by atoms with van der Waals surface area (Å²) >= 11 is 0. The normalized spacial score (nSPS) is 17.8. The number of hydrogen-bond acceptors (Lipinski definition) is 6. The number of ether oxygens (including phenoxy) is 2. The molecule has 0 radical (unpaired) electrons. The molecule has 1 heterocycles. The minimum atomic E-state index is -0.871. The summed E-state index contributed by atoms with van der Waals surface area (Å²) in [6, 6.07) is 6.82. The highest BCUT2D eigenvalue weighted by atomic mass is 16.6. The van der Waals surface area contributed by atoms with E-state index in [0.717, 1.165) is 5.56 Å². The lowest BCUT2D eigenvalue weighted by atomic mass is 10.1. The molecule has 2 rings (SSSR count). The maximum Gasteiger partial charge on any atom is 0.408 e. The Kier molecular flexibility index (Phi) is 8.63.